The first-order chi connectivity index (χ1) is 9.30. The van der Waals surface area contributed by atoms with E-state index in [1.165, 1.54) is 4.88 Å². The maximum Gasteiger partial charge on any atom is 0.306 e. The van der Waals surface area contributed by atoms with E-state index in [0.717, 1.165) is 24.1 Å². The van der Waals surface area contributed by atoms with Crippen molar-refractivity contribution in [2.45, 2.75) is 58.0 Å². The molecule has 20 heavy (non-hydrogen) atoms. The van der Waals surface area contributed by atoms with Crippen LogP contribution in [0.15, 0.2) is 12.1 Å². The molecule has 1 aromatic heterocycles. The summed E-state index contributed by atoms with van der Waals surface area (Å²) in [7, 11) is 0. The highest BCUT2D eigenvalue weighted by Crippen LogP contribution is 2.42. The Morgan fingerprint density at radius 1 is 1.30 bits per heavy atom. The van der Waals surface area contributed by atoms with Crippen LogP contribution in [0.5, 0.6) is 0 Å². The van der Waals surface area contributed by atoms with Crippen molar-refractivity contribution >= 4 is 17.3 Å². The molecule has 0 aliphatic heterocycles. The minimum atomic E-state index is -0.763. The first kappa shape index (κ1) is 15.5. The summed E-state index contributed by atoms with van der Waals surface area (Å²) in [5, 5.41) is 19.9. The van der Waals surface area contributed by atoms with Gasteiger partial charge in [0.25, 0.3) is 0 Å². The zero-order valence-corrected chi connectivity index (χ0v) is 13.2. The van der Waals surface area contributed by atoms with Crippen LogP contribution in [0.4, 0.5) is 0 Å². The number of aliphatic carboxylic acids is 1. The molecule has 1 aliphatic rings. The van der Waals surface area contributed by atoms with Crippen LogP contribution < -0.4 is 0 Å². The number of aliphatic hydroxyl groups is 1. The number of aliphatic hydroxyl groups excluding tert-OH is 1. The van der Waals surface area contributed by atoms with Crippen LogP contribution in [0.2, 0.25) is 0 Å². The Hall–Kier alpha value is -0.870. The summed E-state index contributed by atoms with van der Waals surface area (Å²) in [6, 6.07) is 4.02. The Kier molecular flexibility index (Phi) is 4.55. The normalized spacial score (nSPS) is 25.4. The molecule has 2 rings (SSSR count). The van der Waals surface area contributed by atoms with Crippen LogP contribution in [-0.2, 0) is 10.2 Å². The molecule has 1 fully saturated rings. The number of rotatable bonds is 3. The van der Waals surface area contributed by atoms with Crippen LogP contribution in [0.25, 0.3) is 0 Å². The molecule has 0 spiro atoms. The van der Waals surface area contributed by atoms with Crippen molar-refractivity contribution in [2.24, 2.45) is 11.8 Å². The molecule has 3 nitrogen and oxygen atoms in total. The van der Waals surface area contributed by atoms with Crippen LogP contribution in [-0.4, -0.2) is 16.2 Å². The minimum Gasteiger partial charge on any atom is -0.481 e. The van der Waals surface area contributed by atoms with Crippen LogP contribution >= 0.6 is 11.3 Å². The molecule has 3 atom stereocenters. The van der Waals surface area contributed by atoms with Gasteiger partial charge in [-0.3, -0.25) is 4.79 Å². The molecule has 112 valence electrons. The number of carboxylic acids is 1. The molecule has 1 aromatic rings. The van der Waals surface area contributed by atoms with Gasteiger partial charge in [0.05, 0.1) is 12.0 Å². The van der Waals surface area contributed by atoms with E-state index in [1.54, 1.807) is 11.3 Å². The van der Waals surface area contributed by atoms with Gasteiger partial charge in [-0.2, -0.15) is 0 Å². The van der Waals surface area contributed by atoms with Crippen LogP contribution in [0.1, 0.15) is 62.3 Å². The molecule has 0 aromatic carbocycles. The van der Waals surface area contributed by atoms with E-state index in [4.69, 9.17) is 0 Å². The fraction of sp³-hybridized carbons (Fsp3) is 0.688. The molecule has 0 radical (unpaired) electrons. The average molecular weight is 296 g/mol. The topological polar surface area (TPSA) is 57.5 Å². The van der Waals surface area contributed by atoms with Gasteiger partial charge in [-0.15, -0.1) is 11.3 Å². The van der Waals surface area contributed by atoms with Crippen molar-refractivity contribution in [2.75, 3.05) is 0 Å². The molecule has 3 unspecified atom stereocenters. The average Bonchev–Trinajstić information content (AvgIpc) is 2.87. The highest BCUT2D eigenvalue weighted by molar-refractivity contribution is 7.12. The third-order valence-corrected chi connectivity index (χ3v) is 5.78. The Morgan fingerprint density at radius 3 is 2.50 bits per heavy atom. The SMILES string of the molecule is CC(C)(C)c1ccc(C(O)C2CCCCC2C(=O)O)s1. The summed E-state index contributed by atoms with van der Waals surface area (Å²) in [6.45, 7) is 6.45. The molecular formula is C16H24O3S. The molecule has 1 saturated carbocycles. The second-order valence-corrected chi connectivity index (χ2v) is 7.91. The lowest BCUT2D eigenvalue weighted by Crippen LogP contribution is -2.31. The first-order valence-corrected chi connectivity index (χ1v) is 8.13. The molecule has 2 N–H and O–H groups in total. The molecular weight excluding hydrogens is 272 g/mol. The first-order valence-electron chi connectivity index (χ1n) is 7.32. The zero-order valence-electron chi connectivity index (χ0n) is 12.4. The van der Waals surface area contributed by atoms with E-state index in [0.29, 0.717) is 6.42 Å². The summed E-state index contributed by atoms with van der Waals surface area (Å²) in [5.41, 5.74) is 0.0708. The van der Waals surface area contributed by atoms with Gasteiger partial charge in [-0.25, -0.2) is 0 Å². The van der Waals surface area contributed by atoms with Gasteiger partial charge in [0.2, 0.25) is 0 Å². The van der Waals surface area contributed by atoms with E-state index in [9.17, 15) is 15.0 Å². The number of hydrogen-bond donors (Lipinski definition) is 2. The van der Waals surface area contributed by atoms with Gasteiger partial charge >= 0.3 is 5.97 Å². The van der Waals surface area contributed by atoms with Crippen molar-refractivity contribution in [3.05, 3.63) is 21.9 Å². The summed E-state index contributed by atoms with van der Waals surface area (Å²) >= 11 is 1.61. The van der Waals surface area contributed by atoms with Crippen molar-refractivity contribution in [3.8, 4) is 0 Å². The van der Waals surface area contributed by atoms with Gasteiger partial charge in [-0.1, -0.05) is 33.6 Å². The Morgan fingerprint density at radius 2 is 1.95 bits per heavy atom. The Labute approximate surface area is 124 Å². The lowest BCUT2D eigenvalue weighted by Gasteiger charge is -2.31. The van der Waals surface area contributed by atoms with Crippen LogP contribution in [0.3, 0.4) is 0 Å². The summed E-state index contributed by atoms with van der Waals surface area (Å²) in [4.78, 5) is 13.5. The summed E-state index contributed by atoms with van der Waals surface area (Å²) in [6.07, 6.45) is 2.83. The highest BCUT2D eigenvalue weighted by atomic mass is 32.1. The van der Waals surface area contributed by atoms with Gasteiger partial charge in [0, 0.05) is 15.7 Å². The molecule has 1 heterocycles. The summed E-state index contributed by atoms with van der Waals surface area (Å²) in [5.74, 6) is -1.31. The predicted molar refractivity (Wildman–Crippen MR) is 81.1 cm³/mol. The fourth-order valence-electron chi connectivity index (χ4n) is 2.97. The number of hydrogen-bond acceptors (Lipinski definition) is 3. The van der Waals surface area contributed by atoms with Crippen molar-refractivity contribution in [3.63, 3.8) is 0 Å². The predicted octanol–water partition coefficient (Wildman–Crippen LogP) is 3.97. The minimum absolute atomic E-state index is 0.0708. The zero-order chi connectivity index (χ0) is 14.9. The standard InChI is InChI=1S/C16H24O3S/c1-16(2,3)13-9-8-12(20-13)14(17)10-6-4-5-7-11(10)15(18)19/h8-11,14,17H,4-7H2,1-3H3,(H,18,19). The molecule has 4 heteroatoms. The summed E-state index contributed by atoms with van der Waals surface area (Å²) < 4.78 is 0. The largest absolute Gasteiger partial charge is 0.481 e. The number of carboxylic acid groups (broad SMARTS) is 1. The lowest BCUT2D eigenvalue weighted by molar-refractivity contribution is -0.147. The van der Waals surface area contributed by atoms with Crippen LogP contribution in [0, 0.1) is 11.8 Å². The van der Waals surface area contributed by atoms with Gasteiger partial charge < -0.3 is 10.2 Å². The van der Waals surface area contributed by atoms with Crippen molar-refractivity contribution in [1.82, 2.24) is 0 Å². The number of carbonyl (C=O) groups is 1. The smallest absolute Gasteiger partial charge is 0.306 e. The van der Waals surface area contributed by atoms with Gasteiger partial charge in [0.15, 0.2) is 0 Å². The molecule has 0 saturated heterocycles. The maximum atomic E-state index is 11.4. The monoisotopic (exact) mass is 296 g/mol. The second kappa shape index (κ2) is 5.86. The second-order valence-electron chi connectivity index (χ2n) is 6.79. The third-order valence-electron chi connectivity index (χ3n) is 4.20. The number of thiophene rings is 1. The maximum absolute atomic E-state index is 11.4. The fourth-order valence-corrected chi connectivity index (χ4v) is 4.10. The Bertz CT molecular complexity index is 472. The van der Waals surface area contributed by atoms with Gasteiger partial charge in [0.1, 0.15) is 0 Å². The van der Waals surface area contributed by atoms with E-state index in [2.05, 4.69) is 26.8 Å². The quantitative estimate of drug-likeness (QED) is 0.887. The Balaban J connectivity index is 2.19. The van der Waals surface area contributed by atoms with E-state index >= 15 is 0 Å². The lowest BCUT2D eigenvalue weighted by atomic mass is 9.76. The van der Waals surface area contributed by atoms with Crippen molar-refractivity contribution in [1.29, 1.82) is 0 Å². The molecule has 0 bridgehead atoms. The van der Waals surface area contributed by atoms with E-state index < -0.39 is 18.0 Å². The third kappa shape index (κ3) is 3.23. The highest BCUT2D eigenvalue weighted by Gasteiger charge is 2.36. The van der Waals surface area contributed by atoms with Gasteiger partial charge in [-0.05, 0) is 30.4 Å². The van der Waals surface area contributed by atoms with Crippen molar-refractivity contribution < 1.29 is 15.0 Å². The van der Waals surface area contributed by atoms with E-state index in [1.807, 2.05) is 6.07 Å². The molecule has 1 aliphatic carbocycles. The molecule has 0 amide bonds. The van der Waals surface area contributed by atoms with E-state index in [-0.39, 0.29) is 11.3 Å².